The van der Waals surface area contributed by atoms with E-state index in [1.54, 1.807) is 42.5 Å². The maximum atomic E-state index is 13.5. The number of aromatic nitrogens is 2. The molecule has 0 bridgehead atoms. The zero-order valence-corrected chi connectivity index (χ0v) is 24.3. The third-order valence-electron chi connectivity index (χ3n) is 6.74. The largest absolute Gasteiger partial charge is 0.493 e. The summed E-state index contributed by atoms with van der Waals surface area (Å²) in [5.74, 6) is -0.503. The number of nitrogens with one attached hydrogen (secondary N) is 1. The maximum absolute atomic E-state index is 13.5. The average Bonchev–Trinajstić information content (AvgIpc) is 3.04. The fourth-order valence-corrected chi connectivity index (χ4v) is 4.63. The monoisotopic (exact) mass is 630 g/mol. The summed E-state index contributed by atoms with van der Waals surface area (Å²) < 4.78 is 66.0. The molecule has 0 saturated carbocycles. The third-order valence-corrected chi connectivity index (χ3v) is 6.74. The third kappa shape index (κ3) is 7.12. The number of halogens is 4. The summed E-state index contributed by atoms with van der Waals surface area (Å²) in [5, 5.41) is 7.19. The molecule has 4 aromatic carbocycles. The van der Waals surface area contributed by atoms with Gasteiger partial charge in [0.15, 0.2) is 23.9 Å². The number of methoxy groups -OCH3 is 1. The van der Waals surface area contributed by atoms with E-state index >= 15 is 0 Å². The standard InChI is InChI=1S/C34H26F4N4O4/c1-3-7-22-16-21(17-29(45-2)31(22)46-20-30(43)40-26-14-12-25(35)13-15-26)19-39-42-32(23-8-6-9-24(18-23)34(36,37)38)41-28-11-5-4-10-27(28)33(42)44/h3-6,8-19H,1,7,20H2,2H3,(H,40,43). The van der Waals surface area contributed by atoms with Gasteiger partial charge in [0.05, 0.1) is 29.8 Å². The minimum absolute atomic E-state index is 0.0439. The number of allylic oxidation sites excluding steroid dienone is 1. The molecule has 8 nitrogen and oxygen atoms in total. The number of rotatable bonds is 10. The van der Waals surface area contributed by atoms with E-state index in [1.807, 2.05) is 0 Å². The number of carbonyl (C=O) groups excluding carboxylic acids is 1. The van der Waals surface area contributed by atoms with Crippen LogP contribution < -0.4 is 20.3 Å². The molecule has 0 atom stereocenters. The Bertz CT molecular complexity index is 2000. The normalized spacial score (nSPS) is 11.5. The fourth-order valence-electron chi connectivity index (χ4n) is 4.63. The molecule has 46 heavy (non-hydrogen) atoms. The van der Waals surface area contributed by atoms with Crippen LogP contribution in [-0.2, 0) is 17.4 Å². The van der Waals surface area contributed by atoms with Crippen LogP contribution in [0.15, 0.2) is 107 Å². The van der Waals surface area contributed by atoms with Crippen LogP contribution in [0.3, 0.4) is 0 Å². The van der Waals surface area contributed by atoms with Gasteiger partial charge >= 0.3 is 6.18 Å². The van der Waals surface area contributed by atoms with Gasteiger partial charge in [-0.25, -0.2) is 9.37 Å². The van der Waals surface area contributed by atoms with Crippen molar-refractivity contribution in [3.05, 3.63) is 130 Å². The molecular weight excluding hydrogens is 604 g/mol. The van der Waals surface area contributed by atoms with Gasteiger partial charge < -0.3 is 14.8 Å². The predicted molar refractivity (Wildman–Crippen MR) is 167 cm³/mol. The van der Waals surface area contributed by atoms with E-state index in [1.165, 1.54) is 49.7 Å². The summed E-state index contributed by atoms with van der Waals surface area (Å²) in [6.07, 6.45) is -1.34. The average molecular weight is 631 g/mol. The van der Waals surface area contributed by atoms with Gasteiger partial charge in [0.1, 0.15) is 5.82 Å². The van der Waals surface area contributed by atoms with Gasteiger partial charge in [-0.2, -0.15) is 22.9 Å². The van der Waals surface area contributed by atoms with Crippen LogP contribution in [-0.4, -0.2) is 35.5 Å². The number of anilines is 1. The molecule has 5 rings (SSSR count). The minimum atomic E-state index is -4.61. The smallest absolute Gasteiger partial charge is 0.416 e. The number of ether oxygens (including phenoxy) is 2. The lowest BCUT2D eigenvalue weighted by Gasteiger charge is -2.16. The van der Waals surface area contributed by atoms with Crippen molar-refractivity contribution >= 4 is 28.7 Å². The Morgan fingerprint density at radius 2 is 1.80 bits per heavy atom. The highest BCUT2D eigenvalue weighted by Crippen LogP contribution is 2.34. The maximum Gasteiger partial charge on any atom is 0.416 e. The van der Waals surface area contributed by atoms with Crippen LogP contribution >= 0.6 is 0 Å². The van der Waals surface area contributed by atoms with Crippen LogP contribution in [0.25, 0.3) is 22.3 Å². The zero-order valence-electron chi connectivity index (χ0n) is 24.3. The fraction of sp³-hybridized carbons (Fsp3) is 0.118. The second-order valence-electron chi connectivity index (χ2n) is 9.94. The summed E-state index contributed by atoms with van der Waals surface area (Å²) in [6, 6.07) is 19.5. The zero-order chi connectivity index (χ0) is 32.8. The lowest BCUT2D eigenvalue weighted by Crippen LogP contribution is -2.21. The van der Waals surface area contributed by atoms with Gasteiger partial charge in [-0.15, -0.1) is 6.58 Å². The number of fused-ring (bicyclic) bond motifs is 1. The van der Waals surface area contributed by atoms with E-state index in [9.17, 15) is 27.2 Å². The second-order valence-corrected chi connectivity index (χ2v) is 9.94. The van der Waals surface area contributed by atoms with Crippen LogP contribution in [0.1, 0.15) is 16.7 Å². The number of alkyl halides is 3. The van der Waals surface area contributed by atoms with Crippen LogP contribution in [0.5, 0.6) is 11.5 Å². The van der Waals surface area contributed by atoms with Crippen molar-refractivity contribution in [1.29, 1.82) is 0 Å². The first-order valence-electron chi connectivity index (χ1n) is 13.8. The van der Waals surface area contributed by atoms with Crippen LogP contribution in [0, 0.1) is 5.82 Å². The Morgan fingerprint density at radius 1 is 1.04 bits per heavy atom. The molecule has 0 radical (unpaired) electrons. The quantitative estimate of drug-likeness (QED) is 0.103. The van der Waals surface area contributed by atoms with Gasteiger partial charge in [-0.3, -0.25) is 9.59 Å². The molecule has 0 aliphatic heterocycles. The van der Waals surface area contributed by atoms with Gasteiger partial charge in [-0.05, 0) is 72.6 Å². The van der Waals surface area contributed by atoms with Crippen molar-refractivity contribution in [1.82, 2.24) is 9.66 Å². The molecule has 1 N–H and O–H groups in total. The molecule has 1 heterocycles. The summed E-state index contributed by atoms with van der Waals surface area (Å²) in [7, 11) is 1.41. The van der Waals surface area contributed by atoms with Gasteiger partial charge in [0, 0.05) is 16.8 Å². The highest BCUT2D eigenvalue weighted by molar-refractivity contribution is 5.92. The SMILES string of the molecule is C=CCc1cc(C=Nn2c(-c3cccc(C(F)(F)F)c3)nc3ccccc3c2=O)cc(OC)c1OCC(=O)Nc1ccc(F)cc1. The van der Waals surface area contributed by atoms with E-state index in [-0.39, 0.29) is 34.9 Å². The predicted octanol–water partition coefficient (Wildman–Crippen LogP) is 6.86. The lowest BCUT2D eigenvalue weighted by molar-refractivity contribution is -0.137. The molecule has 0 aliphatic carbocycles. The van der Waals surface area contributed by atoms with E-state index in [0.29, 0.717) is 28.8 Å². The second kappa shape index (κ2) is 13.5. The molecule has 12 heteroatoms. The molecule has 0 unspecified atom stereocenters. The number of hydrogen-bond donors (Lipinski definition) is 1. The van der Waals surface area contributed by atoms with Crippen molar-refractivity contribution in [2.45, 2.75) is 12.6 Å². The summed E-state index contributed by atoms with van der Waals surface area (Å²) in [5.41, 5.74) is 0.277. The minimum Gasteiger partial charge on any atom is -0.493 e. The molecule has 1 aromatic heterocycles. The first-order chi connectivity index (χ1) is 22.1. The number of nitrogens with zero attached hydrogens (tertiary/aromatic N) is 3. The van der Waals surface area contributed by atoms with E-state index < -0.39 is 29.0 Å². The van der Waals surface area contributed by atoms with Gasteiger partial charge in [0.2, 0.25) is 0 Å². The number of para-hydroxylation sites is 1. The number of hydrogen-bond acceptors (Lipinski definition) is 6. The van der Waals surface area contributed by atoms with Gasteiger partial charge in [0.25, 0.3) is 11.5 Å². The Kier molecular flexibility index (Phi) is 9.26. The first kappa shape index (κ1) is 31.6. The van der Waals surface area contributed by atoms with Crippen LogP contribution in [0.4, 0.5) is 23.2 Å². The highest BCUT2D eigenvalue weighted by atomic mass is 19.4. The molecule has 0 saturated heterocycles. The highest BCUT2D eigenvalue weighted by Gasteiger charge is 2.31. The summed E-state index contributed by atoms with van der Waals surface area (Å²) >= 11 is 0. The topological polar surface area (TPSA) is 94.8 Å². The van der Waals surface area contributed by atoms with Crippen LogP contribution in [0.2, 0.25) is 0 Å². The van der Waals surface area contributed by atoms with Crippen molar-refractivity contribution in [3.8, 4) is 22.9 Å². The van der Waals surface area contributed by atoms with Crippen molar-refractivity contribution in [2.75, 3.05) is 19.0 Å². The molecule has 0 aliphatic rings. The molecule has 234 valence electrons. The summed E-state index contributed by atoms with van der Waals surface area (Å²) in [6.45, 7) is 3.39. The summed E-state index contributed by atoms with van der Waals surface area (Å²) in [4.78, 5) is 30.5. The van der Waals surface area contributed by atoms with E-state index in [0.717, 1.165) is 16.8 Å². The molecule has 0 spiro atoms. The number of benzene rings is 4. The molecule has 5 aromatic rings. The Morgan fingerprint density at radius 3 is 2.52 bits per heavy atom. The molecular formula is C34H26F4N4O4. The Hall–Kier alpha value is -5.78. The van der Waals surface area contributed by atoms with Crippen molar-refractivity contribution < 1.29 is 31.8 Å². The number of carbonyl (C=O) groups is 1. The Balaban J connectivity index is 1.51. The number of amides is 1. The van der Waals surface area contributed by atoms with Crippen molar-refractivity contribution in [2.24, 2.45) is 5.10 Å². The molecule has 0 fully saturated rings. The first-order valence-corrected chi connectivity index (χ1v) is 13.8. The Labute approximate surface area is 260 Å². The molecule has 1 amide bonds. The lowest BCUT2D eigenvalue weighted by atomic mass is 10.1. The van der Waals surface area contributed by atoms with Crippen molar-refractivity contribution in [3.63, 3.8) is 0 Å². The van der Waals surface area contributed by atoms with E-state index in [4.69, 9.17) is 9.47 Å². The van der Waals surface area contributed by atoms with Gasteiger partial charge in [-0.1, -0.05) is 30.3 Å². The van der Waals surface area contributed by atoms with E-state index in [2.05, 4.69) is 22.0 Å².